The number of nitrogens with one attached hydrogen (secondary N) is 1. The molecule has 0 fully saturated rings. The highest BCUT2D eigenvalue weighted by molar-refractivity contribution is 7.16. The normalized spacial score (nSPS) is 10.9. The molecule has 10 heteroatoms. The average molecular weight is 419 g/mol. The van der Waals surface area contributed by atoms with Crippen molar-refractivity contribution in [2.45, 2.75) is 6.92 Å². The number of carbonyl (C=O) groups excluding carboxylic acids is 1. The van der Waals surface area contributed by atoms with E-state index in [1.807, 2.05) is 0 Å². The predicted molar refractivity (Wildman–Crippen MR) is 100.0 cm³/mol. The second-order valence-electron chi connectivity index (χ2n) is 4.96. The largest absolute Gasteiger partial charge is 0.482 e. The number of nitrogens with zero attached hydrogens (tertiary/aromatic N) is 2. The van der Waals surface area contributed by atoms with Crippen LogP contribution in [0.5, 0.6) is 5.75 Å². The predicted octanol–water partition coefficient (Wildman–Crippen LogP) is 3.88. The van der Waals surface area contributed by atoms with Crippen LogP contribution in [-0.2, 0) is 4.79 Å². The Bertz CT molecular complexity index is 1030. The number of amides is 1. The summed E-state index contributed by atoms with van der Waals surface area (Å²) in [4.78, 5) is 29.4. The first-order chi connectivity index (χ1) is 11.9. The van der Waals surface area contributed by atoms with Gasteiger partial charge < -0.3 is 4.74 Å². The second kappa shape index (κ2) is 7.21. The molecule has 1 N–H and O–H groups in total. The quantitative estimate of drug-likeness (QED) is 0.653. The number of benzene rings is 1. The Balaban J connectivity index is 1.75. The maximum atomic E-state index is 12.4. The van der Waals surface area contributed by atoms with Gasteiger partial charge in [-0.05, 0) is 24.4 Å². The Labute approximate surface area is 160 Å². The van der Waals surface area contributed by atoms with Gasteiger partial charge in [-0.3, -0.25) is 15.0 Å². The molecule has 0 atom stereocenters. The lowest BCUT2D eigenvalue weighted by Gasteiger charge is -2.12. The molecule has 0 spiro atoms. The first kappa shape index (κ1) is 18.0. The Hall–Kier alpha value is -1.80. The van der Waals surface area contributed by atoms with Gasteiger partial charge in [-0.2, -0.15) is 0 Å². The third-order valence-corrected chi connectivity index (χ3v) is 5.06. The Kier molecular flexibility index (Phi) is 5.19. The number of halogens is 3. The molecule has 0 unspecified atom stereocenters. The van der Waals surface area contributed by atoms with Crippen molar-refractivity contribution in [2.75, 3.05) is 12.0 Å². The number of hydrogen-bond acceptors (Lipinski definition) is 5. The number of hydrogen-bond donors (Lipinski definition) is 1. The van der Waals surface area contributed by atoms with Crippen LogP contribution >= 0.6 is 46.1 Å². The summed E-state index contributed by atoms with van der Waals surface area (Å²) in [5.41, 5.74) is 2.10. The zero-order valence-electron chi connectivity index (χ0n) is 12.7. The van der Waals surface area contributed by atoms with E-state index >= 15 is 0 Å². The average Bonchev–Trinajstić information content (AvgIpc) is 3.02. The summed E-state index contributed by atoms with van der Waals surface area (Å²) in [5, 5.41) is 2.95. The van der Waals surface area contributed by atoms with Gasteiger partial charge in [0.1, 0.15) is 16.4 Å². The number of rotatable bonds is 4. The van der Waals surface area contributed by atoms with Crippen LogP contribution in [0.25, 0.3) is 10.2 Å². The van der Waals surface area contributed by atoms with Crippen molar-refractivity contribution >= 4 is 62.3 Å². The molecule has 0 saturated heterocycles. The molecule has 1 amide bonds. The molecular weight excluding hydrogens is 409 g/mol. The van der Waals surface area contributed by atoms with Crippen LogP contribution in [0.3, 0.4) is 0 Å². The van der Waals surface area contributed by atoms with Gasteiger partial charge in [-0.25, -0.2) is 9.66 Å². The van der Waals surface area contributed by atoms with E-state index < -0.39 is 5.91 Å². The van der Waals surface area contributed by atoms with Gasteiger partial charge in [-0.15, -0.1) is 11.3 Å². The Morgan fingerprint density at radius 3 is 2.76 bits per heavy atom. The van der Waals surface area contributed by atoms with Crippen molar-refractivity contribution in [3.05, 3.63) is 54.8 Å². The van der Waals surface area contributed by atoms with Crippen molar-refractivity contribution in [2.24, 2.45) is 0 Å². The van der Waals surface area contributed by atoms with Crippen LogP contribution in [0, 0.1) is 6.92 Å². The van der Waals surface area contributed by atoms with Crippen LogP contribution in [0.15, 0.2) is 28.4 Å². The van der Waals surface area contributed by atoms with Gasteiger partial charge in [0.15, 0.2) is 6.61 Å². The highest BCUT2D eigenvalue weighted by Gasteiger charge is 2.13. The number of aromatic nitrogens is 2. The fourth-order valence-electron chi connectivity index (χ4n) is 2.06. The lowest BCUT2D eigenvalue weighted by molar-refractivity contribution is -0.119. The zero-order chi connectivity index (χ0) is 18.1. The number of aryl methyl sites for hydroxylation is 1. The highest BCUT2D eigenvalue weighted by Crippen LogP contribution is 2.33. The van der Waals surface area contributed by atoms with Crippen LogP contribution in [0.2, 0.25) is 15.1 Å². The maximum Gasteiger partial charge on any atom is 0.281 e. The fraction of sp³-hybridized carbons (Fsp3) is 0.133. The molecule has 3 aromatic rings. The van der Waals surface area contributed by atoms with Crippen LogP contribution in [0.1, 0.15) is 5.82 Å². The van der Waals surface area contributed by atoms with E-state index in [1.54, 1.807) is 18.4 Å². The molecule has 0 aliphatic heterocycles. The van der Waals surface area contributed by atoms with Crippen molar-refractivity contribution in [1.29, 1.82) is 0 Å². The van der Waals surface area contributed by atoms with E-state index in [1.165, 1.54) is 23.5 Å². The Morgan fingerprint density at radius 2 is 2.00 bits per heavy atom. The molecule has 1 aromatic carbocycles. The van der Waals surface area contributed by atoms with E-state index in [0.717, 1.165) is 4.68 Å². The van der Waals surface area contributed by atoms with Gasteiger partial charge >= 0.3 is 0 Å². The fourth-order valence-corrected chi connectivity index (χ4v) is 3.45. The highest BCUT2D eigenvalue weighted by atomic mass is 35.5. The number of fused-ring (bicyclic) bond motifs is 1. The second-order valence-corrected chi connectivity index (χ2v) is 7.08. The molecule has 130 valence electrons. The summed E-state index contributed by atoms with van der Waals surface area (Å²) in [6, 6.07) is 4.49. The Morgan fingerprint density at radius 1 is 1.28 bits per heavy atom. The number of ether oxygens (including phenoxy) is 1. The molecule has 0 aliphatic rings. The van der Waals surface area contributed by atoms with Crippen molar-refractivity contribution in [3.8, 4) is 5.75 Å². The van der Waals surface area contributed by atoms with Crippen LogP contribution in [-0.4, -0.2) is 22.2 Å². The van der Waals surface area contributed by atoms with Gasteiger partial charge in [-0.1, -0.05) is 34.8 Å². The topological polar surface area (TPSA) is 73.2 Å². The van der Waals surface area contributed by atoms with E-state index in [2.05, 4.69) is 10.4 Å². The third-order valence-electron chi connectivity index (χ3n) is 3.24. The van der Waals surface area contributed by atoms with E-state index in [4.69, 9.17) is 39.5 Å². The molecular formula is C15H10Cl3N3O3S. The van der Waals surface area contributed by atoms with Gasteiger partial charge in [0, 0.05) is 6.07 Å². The summed E-state index contributed by atoms with van der Waals surface area (Å²) >= 11 is 19.1. The van der Waals surface area contributed by atoms with Crippen molar-refractivity contribution in [1.82, 2.24) is 9.66 Å². The van der Waals surface area contributed by atoms with Gasteiger partial charge in [0.2, 0.25) is 0 Å². The summed E-state index contributed by atoms with van der Waals surface area (Å²) in [6.45, 7) is 1.25. The third kappa shape index (κ3) is 3.74. The maximum absolute atomic E-state index is 12.4. The van der Waals surface area contributed by atoms with E-state index in [9.17, 15) is 9.59 Å². The summed E-state index contributed by atoms with van der Waals surface area (Å²) in [6.07, 6.45) is 0. The molecule has 0 radical (unpaired) electrons. The lowest BCUT2D eigenvalue weighted by Crippen LogP contribution is -2.37. The van der Waals surface area contributed by atoms with Crippen molar-refractivity contribution < 1.29 is 9.53 Å². The minimum atomic E-state index is -0.552. The standard InChI is InChI=1S/C15H10Cl3N3O3S/c1-7-19-14-8(2-3-25-14)15(23)21(7)20-13(22)6-24-12-5-10(17)9(16)4-11(12)18/h2-5H,6H2,1H3,(H,20,22). The molecule has 2 heterocycles. The van der Waals surface area contributed by atoms with Gasteiger partial charge in [0.05, 0.1) is 20.5 Å². The zero-order valence-corrected chi connectivity index (χ0v) is 15.8. The van der Waals surface area contributed by atoms with Gasteiger partial charge in [0.25, 0.3) is 11.5 Å². The molecule has 6 nitrogen and oxygen atoms in total. The van der Waals surface area contributed by atoms with E-state index in [0.29, 0.717) is 16.0 Å². The lowest BCUT2D eigenvalue weighted by atomic mass is 10.3. The number of thiophene rings is 1. The molecule has 3 rings (SSSR count). The molecule has 0 aliphatic carbocycles. The minimum Gasteiger partial charge on any atom is -0.482 e. The van der Waals surface area contributed by atoms with Crippen molar-refractivity contribution in [3.63, 3.8) is 0 Å². The SMILES string of the molecule is Cc1nc2sccc2c(=O)n1NC(=O)COc1cc(Cl)c(Cl)cc1Cl. The summed E-state index contributed by atoms with van der Waals surface area (Å²) < 4.78 is 6.42. The summed E-state index contributed by atoms with van der Waals surface area (Å²) in [7, 11) is 0. The van der Waals surface area contributed by atoms with E-state index in [-0.39, 0.29) is 33.0 Å². The molecule has 0 saturated carbocycles. The first-order valence-corrected chi connectivity index (χ1v) is 8.92. The van der Waals surface area contributed by atoms with Crippen LogP contribution in [0.4, 0.5) is 0 Å². The first-order valence-electron chi connectivity index (χ1n) is 6.91. The molecule has 25 heavy (non-hydrogen) atoms. The molecule has 2 aromatic heterocycles. The minimum absolute atomic E-state index is 0.210. The van der Waals surface area contributed by atoms with Crippen LogP contribution < -0.4 is 15.7 Å². The molecule has 0 bridgehead atoms. The summed E-state index contributed by atoms with van der Waals surface area (Å²) in [5.74, 6) is 0.0197. The smallest absolute Gasteiger partial charge is 0.281 e. The number of carbonyl (C=O) groups is 1. The monoisotopic (exact) mass is 417 g/mol.